The van der Waals surface area contributed by atoms with Gasteiger partial charge in [-0.15, -0.1) is 0 Å². The van der Waals surface area contributed by atoms with E-state index in [0.717, 1.165) is 13.0 Å². The van der Waals surface area contributed by atoms with Gasteiger partial charge in [0.15, 0.2) is 0 Å². The highest BCUT2D eigenvalue weighted by molar-refractivity contribution is 5.13. The lowest BCUT2D eigenvalue weighted by Crippen LogP contribution is -2.39. The fraction of sp³-hybridized carbons (Fsp3) is 0.818. The SMILES string of the molecule is CNCCC(C)N1CC=C(C(F)(F)F)CC1. The zero-order valence-electron chi connectivity index (χ0n) is 9.77. The summed E-state index contributed by atoms with van der Waals surface area (Å²) in [6.07, 6.45) is -1.74. The molecule has 1 aliphatic heterocycles. The van der Waals surface area contributed by atoms with Gasteiger partial charge in [0.1, 0.15) is 0 Å². The van der Waals surface area contributed by atoms with Crippen LogP contribution in [0.5, 0.6) is 0 Å². The molecule has 1 atom stereocenters. The van der Waals surface area contributed by atoms with Crippen LogP contribution in [0.1, 0.15) is 19.8 Å². The first-order chi connectivity index (χ1) is 7.45. The van der Waals surface area contributed by atoms with Gasteiger partial charge in [-0.1, -0.05) is 6.08 Å². The Kier molecular flexibility index (Phi) is 4.80. The van der Waals surface area contributed by atoms with Crippen LogP contribution in [0.3, 0.4) is 0 Å². The van der Waals surface area contributed by atoms with Crippen molar-refractivity contribution >= 4 is 0 Å². The van der Waals surface area contributed by atoms with Crippen LogP contribution in [0.15, 0.2) is 11.6 Å². The Labute approximate surface area is 94.5 Å². The van der Waals surface area contributed by atoms with E-state index in [4.69, 9.17) is 0 Å². The predicted octanol–water partition coefficient (Wildman–Crippen LogP) is 2.18. The van der Waals surface area contributed by atoms with Crippen LogP contribution in [0.2, 0.25) is 0 Å². The second-order valence-electron chi connectivity index (χ2n) is 4.21. The van der Waals surface area contributed by atoms with Crippen molar-refractivity contribution in [3.05, 3.63) is 11.6 Å². The topological polar surface area (TPSA) is 15.3 Å². The zero-order chi connectivity index (χ0) is 12.2. The summed E-state index contributed by atoms with van der Waals surface area (Å²) in [6.45, 7) is 3.88. The molecule has 0 aromatic heterocycles. The third-order valence-electron chi connectivity index (χ3n) is 3.04. The molecular formula is C11H19F3N2. The van der Waals surface area contributed by atoms with Crippen molar-refractivity contribution in [1.29, 1.82) is 0 Å². The van der Waals surface area contributed by atoms with Gasteiger partial charge in [-0.3, -0.25) is 4.90 Å². The molecule has 1 N–H and O–H groups in total. The summed E-state index contributed by atoms with van der Waals surface area (Å²) >= 11 is 0. The second-order valence-corrected chi connectivity index (χ2v) is 4.21. The molecule has 0 aromatic carbocycles. The molecule has 0 saturated heterocycles. The maximum Gasteiger partial charge on any atom is 0.412 e. The van der Waals surface area contributed by atoms with E-state index in [1.807, 2.05) is 7.05 Å². The summed E-state index contributed by atoms with van der Waals surface area (Å²) in [4.78, 5) is 2.09. The Hall–Kier alpha value is -0.550. The second kappa shape index (κ2) is 5.68. The molecule has 5 heteroatoms. The minimum absolute atomic E-state index is 0.118. The van der Waals surface area contributed by atoms with Gasteiger partial charge in [0.2, 0.25) is 0 Å². The van der Waals surface area contributed by atoms with Crippen molar-refractivity contribution in [3.8, 4) is 0 Å². The maximum absolute atomic E-state index is 12.4. The van der Waals surface area contributed by atoms with Crippen molar-refractivity contribution in [2.75, 3.05) is 26.7 Å². The molecule has 0 fully saturated rings. The Morgan fingerprint density at radius 2 is 2.19 bits per heavy atom. The average molecular weight is 236 g/mol. The largest absolute Gasteiger partial charge is 0.412 e. The zero-order valence-corrected chi connectivity index (χ0v) is 9.77. The normalized spacial score (nSPS) is 20.7. The van der Waals surface area contributed by atoms with Gasteiger partial charge in [0.05, 0.1) is 0 Å². The third kappa shape index (κ3) is 3.79. The molecule has 16 heavy (non-hydrogen) atoms. The highest BCUT2D eigenvalue weighted by Gasteiger charge is 2.35. The Morgan fingerprint density at radius 1 is 1.50 bits per heavy atom. The Morgan fingerprint density at radius 3 is 2.62 bits per heavy atom. The summed E-state index contributed by atoms with van der Waals surface area (Å²) in [7, 11) is 1.88. The number of hydrogen-bond donors (Lipinski definition) is 1. The van der Waals surface area contributed by atoms with Crippen LogP contribution in [-0.2, 0) is 0 Å². The lowest BCUT2D eigenvalue weighted by Gasteiger charge is -2.32. The van der Waals surface area contributed by atoms with Crippen LogP contribution in [-0.4, -0.2) is 43.8 Å². The van der Waals surface area contributed by atoms with E-state index in [2.05, 4.69) is 17.1 Å². The monoisotopic (exact) mass is 236 g/mol. The van der Waals surface area contributed by atoms with Crippen molar-refractivity contribution in [2.45, 2.75) is 32.0 Å². The average Bonchev–Trinajstić information content (AvgIpc) is 2.25. The predicted molar refractivity (Wildman–Crippen MR) is 58.3 cm³/mol. The summed E-state index contributed by atoms with van der Waals surface area (Å²) < 4.78 is 37.1. The fourth-order valence-corrected chi connectivity index (χ4v) is 1.88. The van der Waals surface area contributed by atoms with Crippen molar-refractivity contribution in [2.24, 2.45) is 0 Å². The minimum Gasteiger partial charge on any atom is -0.320 e. The van der Waals surface area contributed by atoms with E-state index >= 15 is 0 Å². The first kappa shape index (κ1) is 13.5. The van der Waals surface area contributed by atoms with E-state index < -0.39 is 6.18 Å². The van der Waals surface area contributed by atoms with Crippen LogP contribution in [0.25, 0.3) is 0 Å². The molecule has 1 rings (SSSR count). The Balaban J connectivity index is 2.44. The lowest BCUT2D eigenvalue weighted by atomic mass is 10.1. The third-order valence-corrected chi connectivity index (χ3v) is 3.04. The van der Waals surface area contributed by atoms with E-state index in [0.29, 0.717) is 19.1 Å². The first-order valence-corrected chi connectivity index (χ1v) is 5.60. The standard InChI is InChI=1S/C11H19F3N2/c1-9(3-6-15-2)16-7-4-10(5-8-16)11(12,13)14/h4,9,15H,3,5-8H2,1-2H3. The fourth-order valence-electron chi connectivity index (χ4n) is 1.88. The quantitative estimate of drug-likeness (QED) is 0.753. The number of nitrogens with one attached hydrogen (secondary N) is 1. The van der Waals surface area contributed by atoms with Crippen LogP contribution >= 0.6 is 0 Å². The molecule has 0 saturated carbocycles. The molecule has 94 valence electrons. The minimum atomic E-state index is -4.14. The molecule has 1 heterocycles. The summed E-state index contributed by atoms with van der Waals surface area (Å²) in [5, 5.41) is 3.05. The smallest absolute Gasteiger partial charge is 0.320 e. The van der Waals surface area contributed by atoms with Crippen molar-refractivity contribution in [3.63, 3.8) is 0 Å². The number of rotatable bonds is 4. The summed E-state index contributed by atoms with van der Waals surface area (Å²) in [5.41, 5.74) is -0.371. The summed E-state index contributed by atoms with van der Waals surface area (Å²) in [6, 6.07) is 0.332. The molecule has 2 nitrogen and oxygen atoms in total. The van der Waals surface area contributed by atoms with Crippen LogP contribution in [0.4, 0.5) is 13.2 Å². The lowest BCUT2D eigenvalue weighted by molar-refractivity contribution is -0.0963. The number of hydrogen-bond acceptors (Lipinski definition) is 2. The van der Waals surface area contributed by atoms with Crippen LogP contribution < -0.4 is 5.32 Å². The number of halogens is 3. The highest BCUT2D eigenvalue weighted by Crippen LogP contribution is 2.30. The van der Waals surface area contributed by atoms with Gasteiger partial charge in [0, 0.05) is 24.7 Å². The van der Waals surface area contributed by atoms with Crippen molar-refractivity contribution < 1.29 is 13.2 Å². The molecule has 1 aliphatic rings. The van der Waals surface area contributed by atoms with E-state index in [9.17, 15) is 13.2 Å². The van der Waals surface area contributed by atoms with Gasteiger partial charge in [-0.05, 0) is 33.4 Å². The molecule has 0 amide bonds. The number of nitrogens with zero attached hydrogens (tertiary/aromatic N) is 1. The molecule has 0 aromatic rings. The van der Waals surface area contributed by atoms with Gasteiger partial charge >= 0.3 is 6.18 Å². The molecular weight excluding hydrogens is 217 g/mol. The molecule has 1 unspecified atom stereocenters. The Bertz CT molecular complexity index is 248. The molecule has 0 radical (unpaired) electrons. The molecule has 0 spiro atoms. The van der Waals surface area contributed by atoms with E-state index in [-0.39, 0.29) is 12.0 Å². The summed E-state index contributed by atoms with van der Waals surface area (Å²) in [5.74, 6) is 0. The maximum atomic E-state index is 12.4. The van der Waals surface area contributed by atoms with E-state index in [1.54, 1.807) is 0 Å². The van der Waals surface area contributed by atoms with Gasteiger partial charge in [-0.2, -0.15) is 13.2 Å². The molecule has 0 bridgehead atoms. The van der Waals surface area contributed by atoms with Gasteiger partial charge in [0.25, 0.3) is 0 Å². The van der Waals surface area contributed by atoms with Crippen molar-refractivity contribution in [1.82, 2.24) is 10.2 Å². The highest BCUT2D eigenvalue weighted by atomic mass is 19.4. The van der Waals surface area contributed by atoms with Gasteiger partial charge < -0.3 is 5.32 Å². The molecule has 0 aliphatic carbocycles. The van der Waals surface area contributed by atoms with E-state index in [1.165, 1.54) is 6.08 Å². The number of alkyl halides is 3. The van der Waals surface area contributed by atoms with Gasteiger partial charge in [-0.25, -0.2) is 0 Å². The first-order valence-electron chi connectivity index (χ1n) is 5.60. The van der Waals surface area contributed by atoms with Crippen LogP contribution in [0, 0.1) is 0 Å².